The van der Waals surface area contributed by atoms with E-state index in [1.54, 1.807) is 27.4 Å². The van der Waals surface area contributed by atoms with E-state index in [-0.39, 0.29) is 6.04 Å². The molecule has 0 aromatic heterocycles. The second-order valence-corrected chi connectivity index (χ2v) is 4.82. The van der Waals surface area contributed by atoms with Crippen LogP contribution in [-0.4, -0.2) is 40.5 Å². The lowest BCUT2D eigenvalue weighted by Gasteiger charge is -2.21. The van der Waals surface area contributed by atoms with Gasteiger partial charge in [-0.05, 0) is 19.4 Å². The first-order valence-electron chi connectivity index (χ1n) is 6.53. The molecule has 0 radical (unpaired) electrons. The summed E-state index contributed by atoms with van der Waals surface area (Å²) >= 11 is 6.09. The zero-order chi connectivity index (χ0) is 15.0. The van der Waals surface area contributed by atoms with Gasteiger partial charge in [-0.15, -0.1) is 0 Å². The molecule has 0 spiro atoms. The molecular weight excluding hydrogens is 280 g/mol. The molecule has 3 N–H and O–H groups in total. The minimum absolute atomic E-state index is 0.156. The number of hydrogen-bond acceptors (Lipinski definition) is 5. The summed E-state index contributed by atoms with van der Waals surface area (Å²) in [7, 11) is 4.86. The van der Waals surface area contributed by atoms with Crippen LogP contribution >= 0.6 is 11.6 Å². The van der Waals surface area contributed by atoms with Crippen molar-refractivity contribution in [1.29, 1.82) is 0 Å². The van der Waals surface area contributed by atoms with Crippen LogP contribution in [0.2, 0.25) is 5.02 Å². The average molecular weight is 303 g/mol. The SMILES string of the molecule is COCC(CCCN)Nc1cc(OC)c(Cl)cc1OC. The Labute approximate surface area is 125 Å². The van der Waals surface area contributed by atoms with Crippen molar-refractivity contribution < 1.29 is 14.2 Å². The molecule has 114 valence electrons. The summed E-state index contributed by atoms with van der Waals surface area (Å²) in [6.07, 6.45) is 1.84. The fourth-order valence-electron chi connectivity index (χ4n) is 1.96. The predicted octanol–water partition coefficient (Wildman–Crippen LogP) is 2.52. The zero-order valence-electron chi connectivity index (χ0n) is 12.2. The maximum atomic E-state index is 6.09. The lowest BCUT2D eigenvalue weighted by molar-refractivity contribution is 0.182. The maximum Gasteiger partial charge on any atom is 0.143 e. The third-order valence-electron chi connectivity index (χ3n) is 2.96. The van der Waals surface area contributed by atoms with Crippen LogP contribution in [-0.2, 0) is 4.74 Å². The number of methoxy groups -OCH3 is 3. The Balaban J connectivity index is 2.91. The van der Waals surface area contributed by atoms with Crippen molar-refractivity contribution in [3.63, 3.8) is 0 Å². The van der Waals surface area contributed by atoms with Crippen molar-refractivity contribution >= 4 is 17.3 Å². The summed E-state index contributed by atoms with van der Waals surface area (Å²) in [6, 6.07) is 3.71. The van der Waals surface area contributed by atoms with Crippen molar-refractivity contribution in [3.05, 3.63) is 17.2 Å². The first kappa shape index (κ1) is 16.9. The van der Waals surface area contributed by atoms with Crippen LogP contribution in [0.1, 0.15) is 12.8 Å². The molecule has 5 nitrogen and oxygen atoms in total. The number of ether oxygens (including phenoxy) is 3. The molecule has 1 atom stereocenters. The monoisotopic (exact) mass is 302 g/mol. The largest absolute Gasteiger partial charge is 0.495 e. The summed E-state index contributed by atoms with van der Waals surface area (Å²) in [6.45, 7) is 1.25. The summed E-state index contributed by atoms with van der Waals surface area (Å²) in [5.41, 5.74) is 6.38. The fraction of sp³-hybridized carbons (Fsp3) is 0.571. The average Bonchev–Trinajstić information content (AvgIpc) is 2.46. The van der Waals surface area contributed by atoms with Crippen molar-refractivity contribution in [2.45, 2.75) is 18.9 Å². The lowest BCUT2D eigenvalue weighted by Crippen LogP contribution is -2.26. The number of nitrogens with two attached hydrogens (primary N) is 1. The highest BCUT2D eigenvalue weighted by atomic mass is 35.5. The van der Waals surface area contributed by atoms with Gasteiger partial charge in [0, 0.05) is 25.3 Å². The lowest BCUT2D eigenvalue weighted by atomic mass is 10.1. The zero-order valence-corrected chi connectivity index (χ0v) is 13.0. The van der Waals surface area contributed by atoms with Crippen molar-refractivity contribution in [1.82, 2.24) is 0 Å². The highest BCUT2D eigenvalue weighted by molar-refractivity contribution is 6.32. The number of halogens is 1. The van der Waals surface area contributed by atoms with Gasteiger partial charge in [-0.2, -0.15) is 0 Å². The molecule has 0 heterocycles. The number of anilines is 1. The molecule has 1 rings (SSSR count). The van der Waals surface area contributed by atoms with Gasteiger partial charge in [0.05, 0.1) is 31.5 Å². The fourth-order valence-corrected chi connectivity index (χ4v) is 2.19. The summed E-state index contributed by atoms with van der Waals surface area (Å²) in [4.78, 5) is 0. The highest BCUT2D eigenvalue weighted by Gasteiger charge is 2.14. The van der Waals surface area contributed by atoms with Crippen LogP contribution in [0.15, 0.2) is 12.1 Å². The van der Waals surface area contributed by atoms with Gasteiger partial charge in [0.1, 0.15) is 11.5 Å². The quantitative estimate of drug-likeness (QED) is 0.734. The summed E-state index contributed by atoms with van der Waals surface area (Å²) in [5.74, 6) is 1.27. The normalized spacial score (nSPS) is 12.1. The first-order valence-corrected chi connectivity index (χ1v) is 6.91. The van der Waals surface area contributed by atoms with Crippen molar-refractivity contribution in [2.75, 3.05) is 39.8 Å². The van der Waals surface area contributed by atoms with Gasteiger partial charge in [-0.1, -0.05) is 11.6 Å². The highest BCUT2D eigenvalue weighted by Crippen LogP contribution is 2.36. The van der Waals surface area contributed by atoms with E-state index in [1.807, 2.05) is 6.07 Å². The molecule has 0 aliphatic heterocycles. The van der Waals surface area contributed by atoms with E-state index in [9.17, 15) is 0 Å². The number of nitrogens with one attached hydrogen (secondary N) is 1. The first-order chi connectivity index (χ1) is 9.65. The van der Waals surface area contributed by atoms with Crippen LogP contribution in [0.4, 0.5) is 5.69 Å². The van der Waals surface area contributed by atoms with Crippen LogP contribution < -0.4 is 20.5 Å². The Morgan fingerprint density at radius 2 is 1.90 bits per heavy atom. The van der Waals surface area contributed by atoms with E-state index in [4.69, 9.17) is 31.5 Å². The Morgan fingerprint density at radius 1 is 1.20 bits per heavy atom. The van der Waals surface area contributed by atoms with Crippen LogP contribution in [0, 0.1) is 0 Å². The molecular formula is C14H23ClN2O3. The number of hydrogen-bond donors (Lipinski definition) is 2. The Hall–Kier alpha value is -1.17. The van der Waals surface area contributed by atoms with Crippen molar-refractivity contribution in [2.24, 2.45) is 5.73 Å². The Bertz CT molecular complexity index is 416. The third kappa shape index (κ3) is 4.74. The Kier molecular flexibility index (Phi) is 7.51. The number of benzene rings is 1. The minimum atomic E-state index is 0.156. The molecule has 6 heteroatoms. The second kappa shape index (κ2) is 8.89. The molecule has 1 aromatic rings. The second-order valence-electron chi connectivity index (χ2n) is 4.41. The molecule has 0 saturated carbocycles. The molecule has 0 fully saturated rings. The van der Waals surface area contributed by atoms with E-state index in [0.717, 1.165) is 18.5 Å². The van der Waals surface area contributed by atoms with Gasteiger partial charge in [0.15, 0.2) is 0 Å². The summed E-state index contributed by atoms with van der Waals surface area (Å²) in [5, 5.41) is 3.91. The van der Waals surface area contributed by atoms with Gasteiger partial charge in [-0.3, -0.25) is 0 Å². The minimum Gasteiger partial charge on any atom is -0.495 e. The Morgan fingerprint density at radius 3 is 2.45 bits per heavy atom. The molecule has 0 bridgehead atoms. The van der Waals surface area contributed by atoms with Crippen LogP contribution in [0.5, 0.6) is 11.5 Å². The summed E-state index contributed by atoms with van der Waals surface area (Å²) < 4.78 is 15.8. The van der Waals surface area contributed by atoms with E-state index >= 15 is 0 Å². The van der Waals surface area contributed by atoms with Crippen LogP contribution in [0.25, 0.3) is 0 Å². The van der Waals surface area contributed by atoms with E-state index in [0.29, 0.717) is 29.7 Å². The topological polar surface area (TPSA) is 65.7 Å². The van der Waals surface area contributed by atoms with E-state index in [2.05, 4.69) is 5.32 Å². The smallest absolute Gasteiger partial charge is 0.143 e. The van der Waals surface area contributed by atoms with Gasteiger partial charge >= 0.3 is 0 Å². The third-order valence-corrected chi connectivity index (χ3v) is 3.25. The maximum absolute atomic E-state index is 6.09. The number of rotatable bonds is 9. The molecule has 20 heavy (non-hydrogen) atoms. The van der Waals surface area contributed by atoms with E-state index < -0.39 is 0 Å². The van der Waals surface area contributed by atoms with Crippen molar-refractivity contribution in [3.8, 4) is 11.5 Å². The van der Waals surface area contributed by atoms with Gasteiger partial charge in [0.25, 0.3) is 0 Å². The molecule has 0 aliphatic carbocycles. The molecule has 1 aromatic carbocycles. The van der Waals surface area contributed by atoms with Crippen LogP contribution in [0.3, 0.4) is 0 Å². The van der Waals surface area contributed by atoms with Gasteiger partial charge in [-0.25, -0.2) is 0 Å². The molecule has 0 amide bonds. The molecule has 1 unspecified atom stereocenters. The molecule has 0 saturated heterocycles. The van der Waals surface area contributed by atoms with Gasteiger partial charge in [0.2, 0.25) is 0 Å². The van der Waals surface area contributed by atoms with E-state index in [1.165, 1.54) is 0 Å². The standard InChI is InChI=1S/C14H23ClN2O3/c1-18-9-10(5-4-6-16)17-12-8-13(19-2)11(15)7-14(12)20-3/h7-8,10,17H,4-6,9,16H2,1-3H3. The molecule has 0 aliphatic rings. The van der Waals surface area contributed by atoms with Gasteiger partial charge < -0.3 is 25.3 Å². The predicted molar refractivity (Wildman–Crippen MR) is 82.1 cm³/mol.